The number of amides is 1. The molecular weight excluding hydrogens is 264 g/mol. The molecule has 0 saturated carbocycles. The van der Waals surface area contributed by atoms with Crippen molar-refractivity contribution in [3.05, 3.63) is 30.1 Å². The van der Waals surface area contributed by atoms with Crippen molar-refractivity contribution in [1.82, 2.24) is 19.8 Å². The Bertz CT molecular complexity index is 665. The molecule has 1 unspecified atom stereocenters. The Morgan fingerprint density at radius 1 is 1.24 bits per heavy atom. The van der Waals surface area contributed by atoms with Gasteiger partial charge in [-0.05, 0) is 44.0 Å². The number of rotatable bonds is 1. The number of fused-ring (bicyclic) bond motifs is 2. The first-order chi connectivity index (χ1) is 10.3. The molecule has 2 saturated heterocycles. The van der Waals surface area contributed by atoms with Crippen molar-refractivity contribution >= 4 is 16.9 Å². The molecule has 0 radical (unpaired) electrons. The second-order valence-electron chi connectivity index (χ2n) is 6.07. The molecule has 0 bridgehead atoms. The quantitative estimate of drug-likeness (QED) is 0.870. The third-order valence-electron chi connectivity index (χ3n) is 4.76. The molecule has 2 aliphatic rings. The summed E-state index contributed by atoms with van der Waals surface area (Å²) in [4.78, 5) is 24.6. The van der Waals surface area contributed by atoms with Gasteiger partial charge in [0, 0.05) is 31.2 Å². The molecule has 0 aliphatic carbocycles. The summed E-state index contributed by atoms with van der Waals surface area (Å²) in [6.45, 7) is 4.08. The van der Waals surface area contributed by atoms with E-state index in [1.165, 1.54) is 19.4 Å². The van der Waals surface area contributed by atoms with Crippen LogP contribution in [0.25, 0.3) is 11.0 Å². The van der Waals surface area contributed by atoms with Crippen LogP contribution in [0.15, 0.2) is 24.5 Å². The average molecular weight is 284 g/mol. The van der Waals surface area contributed by atoms with Gasteiger partial charge in [0.2, 0.25) is 0 Å². The maximum atomic E-state index is 12.8. The molecule has 5 heteroatoms. The van der Waals surface area contributed by atoms with Crippen molar-refractivity contribution in [2.75, 3.05) is 26.2 Å². The molecule has 1 N–H and O–H groups in total. The van der Waals surface area contributed by atoms with E-state index in [2.05, 4.69) is 14.9 Å². The summed E-state index contributed by atoms with van der Waals surface area (Å²) in [5, 5.41) is 0. The van der Waals surface area contributed by atoms with Gasteiger partial charge in [-0.1, -0.05) is 0 Å². The summed E-state index contributed by atoms with van der Waals surface area (Å²) in [5.41, 5.74) is 2.60. The van der Waals surface area contributed by atoms with E-state index in [0.717, 1.165) is 42.7 Å². The Balaban J connectivity index is 1.57. The van der Waals surface area contributed by atoms with Gasteiger partial charge in [0.1, 0.15) is 0 Å². The standard InChI is InChI=1S/C16H20N4O/c21-16(12-4-5-14-15(9-12)18-11-17-14)20-8-2-7-19-6-1-3-13(19)10-20/h4-5,9,11,13H,1-3,6-8,10H2,(H,17,18). The number of carbonyl (C=O) groups excluding carboxylic acids is 1. The molecule has 21 heavy (non-hydrogen) atoms. The highest BCUT2D eigenvalue weighted by molar-refractivity contribution is 5.97. The van der Waals surface area contributed by atoms with Crippen LogP contribution in [-0.2, 0) is 0 Å². The van der Waals surface area contributed by atoms with Gasteiger partial charge in [-0.25, -0.2) is 4.98 Å². The molecule has 4 rings (SSSR count). The smallest absolute Gasteiger partial charge is 0.253 e. The predicted molar refractivity (Wildman–Crippen MR) is 81.2 cm³/mol. The van der Waals surface area contributed by atoms with Gasteiger partial charge in [-0.3, -0.25) is 9.69 Å². The van der Waals surface area contributed by atoms with Crippen LogP contribution in [0.4, 0.5) is 0 Å². The molecule has 3 heterocycles. The fourth-order valence-electron chi connectivity index (χ4n) is 3.64. The van der Waals surface area contributed by atoms with Gasteiger partial charge in [-0.2, -0.15) is 0 Å². The van der Waals surface area contributed by atoms with Gasteiger partial charge >= 0.3 is 0 Å². The molecule has 1 amide bonds. The zero-order valence-electron chi connectivity index (χ0n) is 12.1. The van der Waals surface area contributed by atoms with E-state index in [9.17, 15) is 4.79 Å². The molecule has 2 aromatic rings. The second kappa shape index (κ2) is 5.15. The summed E-state index contributed by atoms with van der Waals surface area (Å²) in [7, 11) is 0. The number of imidazole rings is 1. The molecule has 1 aromatic heterocycles. The topological polar surface area (TPSA) is 52.2 Å². The number of carbonyl (C=O) groups is 1. The lowest BCUT2D eigenvalue weighted by atomic mass is 10.1. The van der Waals surface area contributed by atoms with E-state index in [1.54, 1.807) is 6.33 Å². The highest BCUT2D eigenvalue weighted by Crippen LogP contribution is 2.23. The summed E-state index contributed by atoms with van der Waals surface area (Å²) in [6.07, 6.45) is 5.24. The van der Waals surface area contributed by atoms with E-state index < -0.39 is 0 Å². The number of hydrogen-bond donors (Lipinski definition) is 1. The van der Waals surface area contributed by atoms with Crippen molar-refractivity contribution in [2.24, 2.45) is 0 Å². The van der Waals surface area contributed by atoms with Crippen LogP contribution >= 0.6 is 0 Å². The first kappa shape index (κ1) is 12.8. The number of benzene rings is 1. The number of nitrogens with zero attached hydrogens (tertiary/aromatic N) is 3. The van der Waals surface area contributed by atoms with Gasteiger partial charge in [-0.15, -0.1) is 0 Å². The minimum absolute atomic E-state index is 0.153. The predicted octanol–water partition coefficient (Wildman–Crippen LogP) is 1.87. The van der Waals surface area contributed by atoms with E-state index >= 15 is 0 Å². The van der Waals surface area contributed by atoms with Gasteiger partial charge in [0.15, 0.2) is 0 Å². The Morgan fingerprint density at radius 3 is 3.10 bits per heavy atom. The summed E-state index contributed by atoms with van der Waals surface area (Å²) in [6, 6.07) is 6.29. The van der Waals surface area contributed by atoms with Crippen molar-refractivity contribution in [3.63, 3.8) is 0 Å². The highest BCUT2D eigenvalue weighted by atomic mass is 16.2. The van der Waals surface area contributed by atoms with Crippen molar-refractivity contribution in [2.45, 2.75) is 25.3 Å². The number of hydrogen-bond acceptors (Lipinski definition) is 3. The molecular formula is C16H20N4O. The fourth-order valence-corrected chi connectivity index (χ4v) is 3.64. The van der Waals surface area contributed by atoms with Crippen LogP contribution in [0.1, 0.15) is 29.6 Å². The highest BCUT2D eigenvalue weighted by Gasteiger charge is 2.30. The second-order valence-corrected chi connectivity index (χ2v) is 6.07. The Kier molecular flexibility index (Phi) is 3.15. The maximum absolute atomic E-state index is 12.8. The summed E-state index contributed by atoms with van der Waals surface area (Å²) < 4.78 is 0. The largest absolute Gasteiger partial charge is 0.345 e. The fraction of sp³-hybridized carbons (Fsp3) is 0.500. The molecule has 2 aliphatic heterocycles. The number of H-pyrrole nitrogens is 1. The van der Waals surface area contributed by atoms with E-state index in [-0.39, 0.29) is 5.91 Å². The number of aromatic nitrogens is 2. The van der Waals surface area contributed by atoms with E-state index in [0.29, 0.717) is 6.04 Å². The lowest BCUT2D eigenvalue weighted by Gasteiger charge is -2.25. The average Bonchev–Trinajstić information content (AvgIpc) is 3.10. The minimum Gasteiger partial charge on any atom is -0.345 e. The Labute approximate surface area is 123 Å². The third-order valence-corrected chi connectivity index (χ3v) is 4.76. The van der Waals surface area contributed by atoms with Crippen LogP contribution in [0.3, 0.4) is 0 Å². The van der Waals surface area contributed by atoms with Crippen LogP contribution in [0, 0.1) is 0 Å². The number of nitrogens with one attached hydrogen (secondary N) is 1. The third kappa shape index (κ3) is 2.31. The first-order valence-corrected chi connectivity index (χ1v) is 7.78. The maximum Gasteiger partial charge on any atom is 0.253 e. The van der Waals surface area contributed by atoms with E-state index in [4.69, 9.17) is 0 Å². The molecule has 1 atom stereocenters. The zero-order chi connectivity index (χ0) is 14.2. The lowest BCUT2D eigenvalue weighted by molar-refractivity contribution is 0.0743. The van der Waals surface area contributed by atoms with Crippen molar-refractivity contribution < 1.29 is 4.79 Å². The summed E-state index contributed by atoms with van der Waals surface area (Å²) >= 11 is 0. The van der Waals surface area contributed by atoms with Gasteiger partial charge in [0.05, 0.1) is 17.4 Å². The van der Waals surface area contributed by atoms with Crippen LogP contribution < -0.4 is 0 Å². The van der Waals surface area contributed by atoms with E-state index in [1.807, 2.05) is 23.1 Å². The normalized spacial score (nSPS) is 23.2. The molecule has 110 valence electrons. The molecule has 0 spiro atoms. The Morgan fingerprint density at radius 2 is 2.14 bits per heavy atom. The zero-order valence-corrected chi connectivity index (χ0v) is 12.1. The van der Waals surface area contributed by atoms with Crippen LogP contribution in [0.2, 0.25) is 0 Å². The number of aromatic amines is 1. The molecule has 5 nitrogen and oxygen atoms in total. The monoisotopic (exact) mass is 284 g/mol. The van der Waals surface area contributed by atoms with Gasteiger partial charge < -0.3 is 9.88 Å². The van der Waals surface area contributed by atoms with Crippen LogP contribution in [0.5, 0.6) is 0 Å². The lowest BCUT2D eigenvalue weighted by Crippen LogP contribution is -2.39. The Hall–Kier alpha value is -1.88. The van der Waals surface area contributed by atoms with Gasteiger partial charge in [0.25, 0.3) is 5.91 Å². The summed E-state index contributed by atoms with van der Waals surface area (Å²) in [5.74, 6) is 0.153. The SMILES string of the molecule is O=C(c1ccc2nc[nH]c2c1)N1CCCN2CCCC2C1. The molecule has 1 aromatic carbocycles. The minimum atomic E-state index is 0.153. The van der Waals surface area contributed by atoms with Crippen molar-refractivity contribution in [1.29, 1.82) is 0 Å². The van der Waals surface area contributed by atoms with Crippen molar-refractivity contribution in [3.8, 4) is 0 Å². The first-order valence-electron chi connectivity index (χ1n) is 7.78. The van der Waals surface area contributed by atoms with Crippen LogP contribution in [-0.4, -0.2) is 57.9 Å². The molecule has 2 fully saturated rings.